The topological polar surface area (TPSA) is 81.1 Å². The molecule has 0 atom stereocenters. The third kappa shape index (κ3) is 5.72. The summed E-state index contributed by atoms with van der Waals surface area (Å²) in [5.74, 6) is -0.454. The SMILES string of the molecule is CS(=O)(=O)Cc1cccc(C(=O)Nc2c(-c3ccc(F)cc3)ncn2Cc2ccccc2)c1. The molecule has 6 nitrogen and oxygen atoms in total. The van der Waals surface area contributed by atoms with Gasteiger partial charge >= 0.3 is 0 Å². The van der Waals surface area contributed by atoms with Crippen molar-refractivity contribution in [2.75, 3.05) is 11.6 Å². The quantitative estimate of drug-likeness (QED) is 0.437. The lowest BCUT2D eigenvalue weighted by Crippen LogP contribution is -2.16. The molecule has 0 bridgehead atoms. The van der Waals surface area contributed by atoms with Gasteiger partial charge in [0.2, 0.25) is 0 Å². The number of carbonyl (C=O) groups is 1. The maximum Gasteiger partial charge on any atom is 0.256 e. The summed E-state index contributed by atoms with van der Waals surface area (Å²) in [4.78, 5) is 17.6. The maximum absolute atomic E-state index is 13.4. The number of benzene rings is 3. The fourth-order valence-corrected chi connectivity index (χ4v) is 4.30. The fourth-order valence-electron chi connectivity index (χ4n) is 3.52. The van der Waals surface area contributed by atoms with E-state index in [-0.39, 0.29) is 11.6 Å². The van der Waals surface area contributed by atoms with Crippen LogP contribution in [0.2, 0.25) is 0 Å². The number of nitrogens with one attached hydrogen (secondary N) is 1. The van der Waals surface area contributed by atoms with Crippen LogP contribution in [0, 0.1) is 5.82 Å². The molecule has 0 saturated heterocycles. The highest BCUT2D eigenvalue weighted by Gasteiger charge is 2.18. The van der Waals surface area contributed by atoms with E-state index in [0.717, 1.165) is 11.8 Å². The highest BCUT2D eigenvalue weighted by atomic mass is 32.2. The molecular formula is C25H22FN3O3S. The Bertz CT molecular complexity index is 1380. The van der Waals surface area contributed by atoms with Gasteiger partial charge in [-0.1, -0.05) is 42.5 Å². The third-order valence-electron chi connectivity index (χ3n) is 5.00. The Morgan fingerprint density at radius 2 is 1.67 bits per heavy atom. The second-order valence-corrected chi connectivity index (χ2v) is 9.93. The summed E-state index contributed by atoms with van der Waals surface area (Å²) >= 11 is 0. The molecule has 0 fully saturated rings. The van der Waals surface area contributed by atoms with E-state index in [1.54, 1.807) is 42.7 Å². The average molecular weight is 464 g/mol. The molecule has 0 aliphatic rings. The van der Waals surface area contributed by atoms with Crippen LogP contribution in [-0.2, 0) is 22.1 Å². The number of imidazole rings is 1. The smallest absolute Gasteiger partial charge is 0.256 e. The van der Waals surface area contributed by atoms with Gasteiger partial charge in [0.1, 0.15) is 17.3 Å². The van der Waals surface area contributed by atoms with Crippen molar-refractivity contribution in [1.29, 1.82) is 0 Å². The van der Waals surface area contributed by atoms with Crippen LogP contribution in [0.1, 0.15) is 21.5 Å². The summed E-state index contributed by atoms with van der Waals surface area (Å²) in [5.41, 5.74) is 3.04. The monoisotopic (exact) mass is 463 g/mol. The van der Waals surface area contributed by atoms with E-state index in [2.05, 4.69) is 10.3 Å². The first kappa shape index (κ1) is 22.4. The summed E-state index contributed by atoms with van der Waals surface area (Å²) in [7, 11) is -3.23. The molecule has 168 valence electrons. The van der Waals surface area contributed by atoms with Gasteiger partial charge in [0.05, 0.1) is 18.6 Å². The predicted octanol–water partition coefficient (Wildman–Crippen LogP) is 4.53. The zero-order valence-electron chi connectivity index (χ0n) is 17.9. The highest BCUT2D eigenvalue weighted by Crippen LogP contribution is 2.28. The zero-order chi connectivity index (χ0) is 23.4. The van der Waals surface area contributed by atoms with E-state index in [9.17, 15) is 17.6 Å². The predicted molar refractivity (Wildman–Crippen MR) is 126 cm³/mol. The van der Waals surface area contributed by atoms with Crippen molar-refractivity contribution in [3.63, 3.8) is 0 Å². The van der Waals surface area contributed by atoms with Crippen LogP contribution in [0.15, 0.2) is 85.2 Å². The number of halogens is 1. The number of hydrogen-bond donors (Lipinski definition) is 1. The molecular weight excluding hydrogens is 441 g/mol. The molecule has 0 radical (unpaired) electrons. The number of hydrogen-bond acceptors (Lipinski definition) is 4. The molecule has 0 spiro atoms. The first-order valence-corrected chi connectivity index (χ1v) is 12.3. The van der Waals surface area contributed by atoms with E-state index < -0.39 is 15.7 Å². The summed E-state index contributed by atoms with van der Waals surface area (Å²) in [6, 6.07) is 22.1. The first-order chi connectivity index (χ1) is 15.8. The van der Waals surface area contributed by atoms with Crippen molar-refractivity contribution in [3.8, 4) is 11.3 Å². The lowest BCUT2D eigenvalue weighted by atomic mass is 10.1. The summed E-state index contributed by atoms with van der Waals surface area (Å²) < 4.78 is 38.5. The van der Waals surface area contributed by atoms with Gasteiger partial charge in [-0.25, -0.2) is 17.8 Å². The van der Waals surface area contributed by atoms with Gasteiger partial charge in [0.15, 0.2) is 9.84 Å². The summed E-state index contributed by atoms with van der Waals surface area (Å²) in [6.45, 7) is 0.471. The minimum atomic E-state index is -3.23. The van der Waals surface area contributed by atoms with Crippen LogP contribution in [-0.4, -0.2) is 30.1 Å². The normalized spacial score (nSPS) is 11.3. The third-order valence-corrected chi connectivity index (χ3v) is 5.86. The van der Waals surface area contributed by atoms with E-state index in [1.165, 1.54) is 12.1 Å². The van der Waals surface area contributed by atoms with Crippen LogP contribution in [0.5, 0.6) is 0 Å². The van der Waals surface area contributed by atoms with Crippen molar-refractivity contribution in [1.82, 2.24) is 9.55 Å². The largest absolute Gasteiger partial charge is 0.312 e. The molecule has 0 unspecified atom stereocenters. The summed E-state index contributed by atoms with van der Waals surface area (Å²) in [5, 5.41) is 2.92. The Hall–Kier alpha value is -3.78. The number of amides is 1. The van der Waals surface area contributed by atoms with Gasteiger partial charge in [-0.05, 0) is 47.5 Å². The van der Waals surface area contributed by atoms with Gasteiger partial charge in [-0.15, -0.1) is 0 Å². The molecule has 3 aromatic carbocycles. The van der Waals surface area contributed by atoms with Crippen molar-refractivity contribution in [2.24, 2.45) is 0 Å². The Kier molecular flexibility index (Phi) is 6.37. The van der Waals surface area contributed by atoms with Crippen LogP contribution in [0.3, 0.4) is 0 Å². The fraction of sp³-hybridized carbons (Fsp3) is 0.120. The van der Waals surface area contributed by atoms with Gasteiger partial charge < -0.3 is 9.88 Å². The Balaban J connectivity index is 1.69. The van der Waals surface area contributed by atoms with Crippen LogP contribution in [0.4, 0.5) is 10.2 Å². The molecule has 1 heterocycles. The molecule has 4 rings (SSSR count). The lowest BCUT2D eigenvalue weighted by molar-refractivity contribution is 0.102. The first-order valence-electron chi connectivity index (χ1n) is 10.2. The number of carbonyl (C=O) groups excluding carboxylic acids is 1. The van der Waals surface area contributed by atoms with Gasteiger partial charge in [-0.2, -0.15) is 0 Å². The molecule has 4 aromatic rings. The minimum absolute atomic E-state index is 0.152. The number of aromatic nitrogens is 2. The van der Waals surface area contributed by atoms with Crippen molar-refractivity contribution in [3.05, 3.63) is 108 Å². The average Bonchev–Trinajstić information content (AvgIpc) is 3.16. The van der Waals surface area contributed by atoms with E-state index >= 15 is 0 Å². The number of anilines is 1. The molecule has 0 aliphatic carbocycles. The molecule has 1 N–H and O–H groups in total. The standard InChI is InChI=1S/C25H22FN3O3S/c1-33(31,32)16-19-8-5-9-21(14-19)25(30)28-24-23(20-10-12-22(26)13-11-20)27-17-29(24)15-18-6-3-2-4-7-18/h2-14,17H,15-16H2,1H3,(H,28,30). The van der Waals surface area contributed by atoms with Gasteiger partial charge in [0.25, 0.3) is 5.91 Å². The molecule has 0 saturated carbocycles. The van der Waals surface area contributed by atoms with E-state index in [0.29, 0.717) is 34.7 Å². The zero-order valence-corrected chi connectivity index (χ0v) is 18.7. The van der Waals surface area contributed by atoms with Crippen LogP contribution in [0.25, 0.3) is 11.3 Å². The van der Waals surface area contributed by atoms with Gasteiger partial charge in [-0.3, -0.25) is 4.79 Å². The molecule has 0 aliphatic heterocycles. The minimum Gasteiger partial charge on any atom is -0.312 e. The van der Waals surface area contributed by atoms with E-state index in [4.69, 9.17) is 0 Å². The van der Waals surface area contributed by atoms with Crippen LogP contribution < -0.4 is 5.32 Å². The second-order valence-electron chi connectivity index (χ2n) is 7.79. The number of nitrogens with zero attached hydrogens (tertiary/aromatic N) is 2. The summed E-state index contributed by atoms with van der Waals surface area (Å²) in [6.07, 6.45) is 2.78. The van der Waals surface area contributed by atoms with Gasteiger partial charge in [0, 0.05) is 17.4 Å². The second kappa shape index (κ2) is 9.38. The van der Waals surface area contributed by atoms with Crippen molar-refractivity contribution >= 4 is 21.6 Å². The molecule has 8 heteroatoms. The van der Waals surface area contributed by atoms with E-state index in [1.807, 2.05) is 34.9 Å². The van der Waals surface area contributed by atoms with Crippen LogP contribution >= 0.6 is 0 Å². The molecule has 1 amide bonds. The lowest BCUT2D eigenvalue weighted by Gasteiger charge is -2.13. The maximum atomic E-state index is 13.4. The van der Waals surface area contributed by atoms with Crippen molar-refractivity contribution < 1.29 is 17.6 Å². The Morgan fingerprint density at radius 3 is 2.36 bits per heavy atom. The highest BCUT2D eigenvalue weighted by molar-refractivity contribution is 7.89. The molecule has 1 aromatic heterocycles. The van der Waals surface area contributed by atoms with Crippen molar-refractivity contribution in [2.45, 2.75) is 12.3 Å². The number of rotatable bonds is 7. The number of sulfone groups is 1. The Morgan fingerprint density at radius 1 is 0.970 bits per heavy atom. The molecule has 33 heavy (non-hydrogen) atoms. The Labute approximate surface area is 191 Å².